The molecule has 0 saturated carbocycles. The first-order valence-corrected chi connectivity index (χ1v) is 5.35. The van der Waals surface area contributed by atoms with Crippen molar-refractivity contribution in [2.45, 2.75) is 25.9 Å². The number of carbonyl (C=O) groups excluding carboxylic acids is 1. The molecule has 3 heteroatoms. The second-order valence-electron chi connectivity index (χ2n) is 4.25. The normalized spacial score (nSPS) is 18.2. The number of hydrogen-bond acceptors (Lipinski definition) is 2. The van der Waals surface area contributed by atoms with Gasteiger partial charge >= 0.3 is 0 Å². The van der Waals surface area contributed by atoms with Crippen molar-refractivity contribution >= 4 is 11.6 Å². The number of nitrogens with zero attached hydrogens (tertiary/aromatic N) is 1. The fourth-order valence-corrected chi connectivity index (χ4v) is 2.64. The molecule has 0 aromatic heterocycles. The summed E-state index contributed by atoms with van der Waals surface area (Å²) in [5.74, 6) is 0.209. The molecule has 0 fully saturated rings. The van der Waals surface area contributed by atoms with Gasteiger partial charge in [-0.05, 0) is 29.5 Å². The van der Waals surface area contributed by atoms with Gasteiger partial charge in [-0.2, -0.15) is 0 Å². The maximum absolute atomic E-state index is 11.7. The fraction of sp³-hybridized carbons (Fsp3) is 0.417. The topological polar surface area (TPSA) is 40.5 Å². The van der Waals surface area contributed by atoms with Gasteiger partial charge in [-0.3, -0.25) is 4.79 Å². The third-order valence-electron chi connectivity index (χ3n) is 3.25. The lowest BCUT2D eigenvalue weighted by atomic mass is 9.97. The first-order valence-electron chi connectivity index (χ1n) is 5.35. The van der Waals surface area contributed by atoms with Crippen LogP contribution in [0, 0.1) is 0 Å². The summed E-state index contributed by atoms with van der Waals surface area (Å²) in [5.41, 5.74) is 4.39. The van der Waals surface area contributed by atoms with Crippen LogP contribution in [0.25, 0.3) is 0 Å². The summed E-state index contributed by atoms with van der Waals surface area (Å²) in [6, 6.07) is 3.99. The van der Waals surface area contributed by atoms with Crippen molar-refractivity contribution in [3.8, 4) is 0 Å². The lowest BCUT2D eigenvalue weighted by Gasteiger charge is -2.25. The smallest absolute Gasteiger partial charge is 0.231 e. The molecule has 1 amide bonds. The van der Waals surface area contributed by atoms with Gasteiger partial charge in [0.05, 0.1) is 18.7 Å². The van der Waals surface area contributed by atoms with E-state index in [9.17, 15) is 4.79 Å². The third-order valence-corrected chi connectivity index (χ3v) is 3.25. The average molecular weight is 203 g/mol. The highest BCUT2D eigenvalue weighted by atomic mass is 16.3. The molecule has 0 saturated heterocycles. The average Bonchev–Trinajstić information content (AvgIpc) is 2.58. The van der Waals surface area contributed by atoms with E-state index in [1.54, 1.807) is 0 Å². The van der Waals surface area contributed by atoms with Crippen molar-refractivity contribution in [3.63, 3.8) is 0 Å². The molecule has 3 nitrogen and oxygen atoms in total. The summed E-state index contributed by atoms with van der Waals surface area (Å²) in [7, 11) is 0. The lowest BCUT2D eigenvalue weighted by Crippen LogP contribution is -2.31. The molecule has 2 aliphatic heterocycles. The number of hydrogen-bond donors (Lipinski definition) is 1. The van der Waals surface area contributed by atoms with E-state index in [4.69, 9.17) is 5.11 Å². The molecule has 0 unspecified atom stereocenters. The minimum atomic E-state index is 0.0640. The number of anilines is 1. The van der Waals surface area contributed by atoms with E-state index in [1.165, 1.54) is 5.56 Å². The van der Waals surface area contributed by atoms with Crippen molar-refractivity contribution < 1.29 is 9.90 Å². The van der Waals surface area contributed by atoms with E-state index >= 15 is 0 Å². The molecule has 0 aliphatic carbocycles. The van der Waals surface area contributed by atoms with Crippen LogP contribution in [0.2, 0.25) is 0 Å². The van der Waals surface area contributed by atoms with Crippen LogP contribution < -0.4 is 4.90 Å². The largest absolute Gasteiger partial charge is 0.392 e. The number of amides is 1. The van der Waals surface area contributed by atoms with E-state index < -0.39 is 0 Å². The Bertz CT molecular complexity index is 439. The van der Waals surface area contributed by atoms with Crippen LogP contribution >= 0.6 is 0 Å². The molecule has 78 valence electrons. The summed E-state index contributed by atoms with van der Waals surface area (Å²) < 4.78 is 0. The van der Waals surface area contributed by atoms with Crippen LogP contribution in [0.5, 0.6) is 0 Å². The van der Waals surface area contributed by atoms with Crippen molar-refractivity contribution in [3.05, 3.63) is 28.8 Å². The molecular weight excluding hydrogens is 190 g/mol. The molecule has 0 spiro atoms. The molecule has 15 heavy (non-hydrogen) atoms. The number of rotatable bonds is 1. The Morgan fingerprint density at radius 3 is 2.93 bits per heavy atom. The van der Waals surface area contributed by atoms with Gasteiger partial charge in [0.2, 0.25) is 5.91 Å². The number of aliphatic hydroxyl groups is 1. The molecule has 0 radical (unpaired) electrons. The van der Waals surface area contributed by atoms with Crippen molar-refractivity contribution in [2.24, 2.45) is 0 Å². The summed E-state index contributed by atoms with van der Waals surface area (Å²) in [5, 5.41) is 9.14. The van der Waals surface area contributed by atoms with Crippen LogP contribution in [0.4, 0.5) is 5.69 Å². The lowest BCUT2D eigenvalue weighted by molar-refractivity contribution is -0.117. The van der Waals surface area contributed by atoms with Gasteiger partial charge in [0.1, 0.15) is 0 Å². The SMILES string of the molecule is O=C1Cc2cc(CO)cc3c2N1CCC3. The summed E-state index contributed by atoms with van der Waals surface area (Å²) in [4.78, 5) is 13.6. The van der Waals surface area contributed by atoms with Crippen molar-refractivity contribution in [1.29, 1.82) is 0 Å². The van der Waals surface area contributed by atoms with E-state index in [0.717, 1.165) is 36.2 Å². The quantitative estimate of drug-likeness (QED) is 0.740. The van der Waals surface area contributed by atoms with Gasteiger partial charge in [-0.25, -0.2) is 0 Å². The zero-order valence-corrected chi connectivity index (χ0v) is 8.49. The van der Waals surface area contributed by atoms with E-state index in [2.05, 4.69) is 0 Å². The highest BCUT2D eigenvalue weighted by molar-refractivity contribution is 6.02. The van der Waals surface area contributed by atoms with Crippen LogP contribution in [0.3, 0.4) is 0 Å². The zero-order valence-electron chi connectivity index (χ0n) is 8.49. The Balaban J connectivity index is 2.20. The Kier molecular flexibility index (Phi) is 1.83. The monoisotopic (exact) mass is 203 g/mol. The number of benzene rings is 1. The van der Waals surface area contributed by atoms with Gasteiger partial charge in [0.15, 0.2) is 0 Å². The Morgan fingerprint density at radius 2 is 2.13 bits per heavy atom. The van der Waals surface area contributed by atoms with Gasteiger partial charge in [0.25, 0.3) is 0 Å². The van der Waals surface area contributed by atoms with Crippen molar-refractivity contribution in [1.82, 2.24) is 0 Å². The number of carbonyl (C=O) groups is 1. The van der Waals surface area contributed by atoms with Gasteiger partial charge in [-0.1, -0.05) is 12.1 Å². The van der Waals surface area contributed by atoms with Crippen LogP contribution in [-0.2, 0) is 24.2 Å². The molecule has 0 bridgehead atoms. The van der Waals surface area contributed by atoms with Crippen LogP contribution in [-0.4, -0.2) is 17.6 Å². The molecule has 1 N–H and O–H groups in total. The van der Waals surface area contributed by atoms with E-state index in [1.807, 2.05) is 17.0 Å². The molecule has 0 atom stereocenters. The first kappa shape index (κ1) is 8.92. The maximum atomic E-state index is 11.7. The Morgan fingerprint density at radius 1 is 1.33 bits per heavy atom. The maximum Gasteiger partial charge on any atom is 0.231 e. The van der Waals surface area contributed by atoms with Gasteiger partial charge < -0.3 is 10.0 Å². The standard InChI is InChI=1S/C12H13NO2/c14-7-8-4-9-2-1-3-13-11(15)6-10(5-8)12(9)13/h4-5,14H,1-3,6-7H2. The van der Waals surface area contributed by atoms with E-state index in [-0.39, 0.29) is 12.5 Å². The predicted molar refractivity (Wildman–Crippen MR) is 56.7 cm³/mol. The highest BCUT2D eigenvalue weighted by Crippen LogP contribution is 2.37. The van der Waals surface area contributed by atoms with Crippen molar-refractivity contribution in [2.75, 3.05) is 11.4 Å². The minimum absolute atomic E-state index is 0.0640. The molecule has 2 aliphatic rings. The molecule has 3 rings (SSSR count). The molecule has 2 heterocycles. The Labute approximate surface area is 88.3 Å². The molecule has 1 aromatic rings. The predicted octanol–water partition coefficient (Wildman–Crippen LogP) is 1.01. The zero-order chi connectivity index (χ0) is 10.4. The van der Waals surface area contributed by atoms with Crippen LogP contribution in [0.1, 0.15) is 23.1 Å². The molecule has 1 aromatic carbocycles. The molecular formula is C12H13NO2. The minimum Gasteiger partial charge on any atom is -0.392 e. The van der Waals surface area contributed by atoms with E-state index in [0.29, 0.717) is 6.42 Å². The van der Waals surface area contributed by atoms with Gasteiger partial charge in [-0.15, -0.1) is 0 Å². The van der Waals surface area contributed by atoms with Crippen LogP contribution in [0.15, 0.2) is 12.1 Å². The summed E-state index contributed by atoms with van der Waals surface area (Å²) in [6.45, 7) is 0.922. The van der Waals surface area contributed by atoms with Gasteiger partial charge in [0, 0.05) is 6.54 Å². The Hall–Kier alpha value is -1.35. The number of aryl methyl sites for hydroxylation is 1. The second-order valence-corrected chi connectivity index (χ2v) is 4.25. The highest BCUT2D eigenvalue weighted by Gasteiger charge is 2.31. The summed E-state index contributed by atoms with van der Waals surface area (Å²) >= 11 is 0. The first-order chi connectivity index (χ1) is 7.29. The second kappa shape index (κ2) is 3.07. The summed E-state index contributed by atoms with van der Waals surface area (Å²) in [6.07, 6.45) is 2.57. The number of aliphatic hydroxyl groups excluding tert-OH is 1. The third kappa shape index (κ3) is 1.20. The fourth-order valence-electron chi connectivity index (χ4n) is 2.64.